The first kappa shape index (κ1) is 22.1. The number of amides is 1. The van der Waals surface area contributed by atoms with Crippen LogP contribution in [0.5, 0.6) is 0 Å². The van der Waals surface area contributed by atoms with Crippen LogP contribution in [0.15, 0.2) is 85.2 Å². The molecule has 2 heterocycles. The summed E-state index contributed by atoms with van der Waals surface area (Å²) in [5, 5.41) is 9.48. The summed E-state index contributed by atoms with van der Waals surface area (Å²) in [4.78, 5) is 25.9. The van der Waals surface area contributed by atoms with E-state index in [0.717, 1.165) is 28.1 Å². The largest absolute Gasteiger partial charge is 0.340 e. The van der Waals surface area contributed by atoms with Gasteiger partial charge in [0, 0.05) is 28.8 Å². The molecule has 3 N–H and O–H groups in total. The third-order valence-electron chi connectivity index (χ3n) is 5.44. The summed E-state index contributed by atoms with van der Waals surface area (Å²) in [5.41, 5.74) is 6.32. The van der Waals surface area contributed by atoms with E-state index >= 15 is 0 Å². The number of anilines is 5. The van der Waals surface area contributed by atoms with Crippen LogP contribution in [0.2, 0.25) is 0 Å². The Labute approximate surface area is 203 Å². The summed E-state index contributed by atoms with van der Waals surface area (Å²) in [6.07, 6.45) is 1.68. The van der Waals surface area contributed by atoms with Gasteiger partial charge in [0.1, 0.15) is 12.4 Å². The highest BCUT2D eigenvalue weighted by Crippen LogP contribution is 2.21. The smallest absolute Gasteiger partial charge is 0.244 e. The van der Waals surface area contributed by atoms with Gasteiger partial charge in [0.2, 0.25) is 11.9 Å². The molecular weight excluding hydrogens is 438 g/mol. The second kappa shape index (κ2) is 9.64. The SMILES string of the molecule is Cc1ccc(Nc2nc(C)cc(Nc3ccc(NC(=O)Cn4cnc5ccccc54)cc3)n2)cc1. The maximum atomic E-state index is 12.5. The Morgan fingerprint density at radius 2 is 1.51 bits per heavy atom. The number of carbonyl (C=O) groups is 1. The highest BCUT2D eigenvalue weighted by atomic mass is 16.1. The van der Waals surface area contributed by atoms with E-state index in [0.29, 0.717) is 17.5 Å². The fourth-order valence-electron chi connectivity index (χ4n) is 3.73. The molecule has 0 radical (unpaired) electrons. The number of aryl methyl sites for hydroxylation is 2. The van der Waals surface area contributed by atoms with Crippen molar-refractivity contribution in [1.29, 1.82) is 0 Å². The molecule has 5 aromatic rings. The van der Waals surface area contributed by atoms with Crippen LogP contribution in [-0.2, 0) is 11.3 Å². The number of aromatic nitrogens is 4. The van der Waals surface area contributed by atoms with E-state index in [1.54, 1.807) is 6.33 Å². The standard InChI is InChI=1S/C27H25N7O/c1-18-7-9-22(10-8-18)32-27-29-19(2)15-25(33-27)30-20-11-13-21(14-12-20)31-26(35)16-34-17-28-23-5-3-4-6-24(23)34/h3-15,17H,16H2,1-2H3,(H,31,35)(H2,29,30,32,33). The van der Waals surface area contributed by atoms with Gasteiger partial charge in [-0.1, -0.05) is 29.8 Å². The van der Waals surface area contributed by atoms with E-state index in [9.17, 15) is 4.79 Å². The van der Waals surface area contributed by atoms with E-state index in [-0.39, 0.29) is 12.5 Å². The van der Waals surface area contributed by atoms with E-state index < -0.39 is 0 Å². The van der Waals surface area contributed by atoms with Crippen LogP contribution in [0.4, 0.5) is 28.8 Å². The summed E-state index contributed by atoms with van der Waals surface area (Å²) >= 11 is 0. The van der Waals surface area contributed by atoms with E-state index in [2.05, 4.69) is 30.9 Å². The topological polar surface area (TPSA) is 96.8 Å². The van der Waals surface area contributed by atoms with Crippen LogP contribution in [-0.4, -0.2) is 25.4 Å². The average Bonchev–Trinajstić information content (AvgIpc) is 3.24. The lowest BCUT2D eigenvalue weighted by Gasteiger charge is -2.11. The molecule has 1 amide bonds. The molecular formula is C27H25N7O. The van der Waals surface area contributed by atoms with Gasteiger partial charge in [-0.3, -0.25) is 4.79 Å². The first-order chi connectivity index (χ1) is 17.0. The number of hydrogen-bond acceptors (Lipinski definition) is 6. The normalized spacial score (nSPS) is 10.8. The molecule has 35 heavy (non-hydrogen) atoms. The van der Waals surface area contributed by atoms with Crippen molar-refractivity contribution in [2.24, 2.45) is 0 Å². The van der Waals surface area contributed by atoms with Crippen LogP contribution in [0.1, 0.15) is 11.3 Å². The van der Waals surface area contributed by atoms with Gasteiger partial charge >= 0.3 is 0 Å². The first-order valence-electron chi connectivity index (χ1n) is 11.3. The number of rotatable bonds is 7. The molecule has 8 nitrogen and oxygen atoms in total. The number of fused-ring (bicyclic) bond motifs is 1. The summed E-state index contributed by atoms with van der Waals surface area (Å²) in [6, 6.07) is 25.2. The molecule has 0 spiro atoms. The van der Waals surface area contributed by atoms with Gasteiger partial charge < -0.3 is 20.5 Å². The molecule has 0 unspecified atom stereocenters. The number of nitrogens with zero attached hydrogens (tertiary/aromatic N) is 4. The molecule has 0 aliphatic carbocycles. The molecule has 0 atom stereocenters. The van der Waals surface area contributed by atoms with Crippen LogP contribution < -0.4 is 16.0 Å². The quantitative estimate of drug-likeness (QED) is 0.292. The van der Waals surface area contributed by atoms with Crippen molar-refractivity contribution in [2.75, 3.05) is 16.0 Å². The van der Waals surface area contributed by atoms with Crippen LogP contribution in [0.25, 0.3) is 11.0 Å². The lowest BCUT2D eigenvalue weighted by molar-refractivity contribution is -0.116. The summed E-state index contributed by atoms with van der Waals surface area (Å²) < 4.78 is 1.83. The lowest BCUT2D eigenvalue weighted by Crippen LogP contribution is -2.18. The van der Waals surface area contributed by atoms with Crippen molar-refractivity contribution in [3.63, 3.8) is 0 Å². The Hall–Kier alpha value is -4.72. The van der Waals surface area contributed by atoms with Crippen LogP contribution >= 0.6 is 0 Å². The van der Waals surface area contributed by atoms with Gasteiger partial charge in [0.15, 0.2) is 0 Å². The zero-order chi connectivity index (χ0) is 24.2. The number of benzene rings is 3. The van der Waals surface area contributed by atoms with Gasteiger partial charge in [0.05, 0.1) is 17.4 Å². The fourth-order valence-corrected chi connectivity index (χ4v) is 3.73. The van der Waals surface area contributed by atoms with Gasteiger partial charge in [-0.25, -0.2) is 9.97 Å². The summed E-state index contributed by atoms with van der Waals surface area (Å²) in [7, 11) is 0. The van der Waals surface area contributed by atoms with Gasteiger partial charge in [-0.2, -0.15) is 4.98 Å². The zero-order valence-corrected chi connectivity index (χ0v) is 19.5. The minimum absolute atomic E-state index is 0.118. The maximum Gasteiger partial charge on any atom is 0.244 e. The Bertz CT molecular complexity index is 1470. The number of carbonyl (C=O) groups excluding carboxylic acids is 1. The fraction of sp³-hybridized carbons (Fsp3) is 0.111. The van der Waals surface area contributed by atoms with E-state index in [4.69, 9.17) is 0 Å². The number of nitrogens with one attached hydrogen (secondary N) is 3. The molecule has 8 heteroatoms. The zero-order valence-electron chi connectivity index (χ0n) is 19.5. The van der Waals surface area contributed by atoms with Crippen molar-refractivity contribution in [3.05, 3.63) is 96.4 Å². The van der Waals surface area contributed by atoms with Crippen molar-refractivity contribution in [2.45, 2.75) is 20.4 Å². The van der Waals surface area contributed by atoms with Crippen LogP contribution in [0.3, 0.4) is 0 Å². The molecule has 0 bridgehead atoms. The third-order valence-corrected chi connectivity index (χ3v) is 5.44. The Morgan fingerprint density at radius 1 is 0.829 bits per heavy atom. The van der Waals surface area contributed by atoms with E-state index in [1.807, 2.05) is 97.3 Å². The average molecular weight is 464 g/mol. The monoisotopic (exact) mass is 463 g/mol. The minimum Gasteiger partial charge on any atom is -0.340 e. The predicted molar refractivity (Wildman–Crippen MR) is 139 cm³/mol. The van der Waals surface area contributed by atoms with Gasteiger partial charge in [0.25, 0.3) is 0 Å². The van der Waals surface area contributed by atoms with Crippen molar-refractivity contribution >= 4 is 45.8 Å². The lowest BCUT2D eigenvalue weighted by atomic mass is 10.2. The molecule has 0 fully saturated rings. The van der Waals surface area contributed by atoms with E-state index in [1.165, 1.54) is 5.56 Å². The predicted octanol–water partition coefficient (Wildman–Crippen LogP) is 5.57. The Kier molecular flexibility index (Phi) is 6.09. The highest BCUT2D eigenvalue weighted by Gasteiger charge is 2.08. The molecule has 2 aromatic heterocycles. The van der Waals surface area contributed by atoms with Crippen LogP contribution in [0, 0.1) is 13.8 Å². The molecule has 3 aromatic carbocycles. The second-order valence-corrected chi connectivity index (χ2v) is 8.32. The summed E-state index contributed by atoms with van der Waals surface area (Å²) in [6.45, 7) is 4.17. The maximum absolute atomic E-state index is 12.5. The number of imidazole rings is 1. The Balaban J connectivity index is 1.22. The summed E-state index contributed by atoms with van der Waals surface area (Å²) in [5.74, 6) is 1.08. The minimum atomic E-state index is -0.118. The van der Waals surface area contributed by atoms with Gasteiger partial charge in [-0.15, -0.1) is 0 Å². The van der Waals surface area contributed by atoms with Crippen molar-refractivity contribution in [1.82, 2.24) is 19.5 Å². The van der Waals surface area contributed by atoms with Gasteiger partial charge in [-0.05, 0) is 62.4 Å². The third kappa shape index (κ3) is 5.44. The Morgan fingerprint density at radius 3 is 2.31 bits per heavy atom. The molecule has 0 aliphatic heterocycles. The first-order valence-corrected chi connectivity index (χ1v) is 11.3. The molecule has 174 valence electrons. The molecule has 0 saturated carbocycles. The molecule has 0 saturated heterocycles. The number of para-hydroxylation sites is 2. The number of hydrogen-bond donors (Lipinski definition) is 3. The van der Waals surface area contributed by atoms with Crippen molar-refractivity contribution < 1.29 is 4.79 Å². The highest BCUT2D eigenvalue weighted by molar-refractivity contribution is 5.91. The molecule has 0 aliphatic rings. The molecule has 5 rings (SSSR count). The van der Waals surface area contributed by atoms with Crippen molar-refractivity contribution in [3.8, 4) is 0 Å². The second-order valence-electron chi connectivity index (χ2n) is 8.32.